The number of aromatic nitrogens is 4. The van der Waals surface area contributed by atoms with Gasteiger partial charge in [0.2, 0.25) is 0 Å². The van der Waals surface area contributed by atoms with Crippen molar-refractivity contribution in [1.29, 1.82) is 0 Å². The molecule has 1 aliphatic heterocycles. The van der Waals surface area contributed by atoms with E-state index in [1.54, 1.807) is 24.8 Å². The standard InChI is InChI=1S/C17H17N5O2/c1-22-10-18-9-14(22)12-5-4-11-8-19-16(7-13(11)20-12)21-17(23)15-3-2-6-24-15/h4-5,7-10,15H,2-3,6H2,1H3,(H,19,21,23). The average molecular weight is 323 g/mol. The first-order valence-corrected chi connectivity index (χ1v) is 7.87. The highest BCUT2D eigenvalue weighted by Crippen LogP contribution is 2.22. The molecule has 1 unspecified atom stereocenters. The molecule has 1 N–H and O–H groups in total. The molecule has 24 heavy (non-hydrogen) atoms. The summed E-state index contributed by atoms with van der Waals surface area (Å²) in [5, 5.41) is 3.72. The monoisotopic (exact) mass is 323 g/mol. The molecule has 7 heteroatoms. The number of anilines is 1. The lowest BCUT2D eigenvalue weighted by molar-refractivity contribution is -0.124. The van der Waals surface area contributed by atoms with E-state index in [0.29, 0.717) is 12.4 Å². The van der Waals surface area contributed by atoms with Gasteiger partial charge in [-0.2, -0.15) is 0 Å². The first-order valence-electron chi connectivity index (χ1n) is 7.87. The highest BCUT2D eigenvalue weighted by Gasteiger charge is 2.23. The Labute approximate surface area is 138 Å². The van der Waals surface area contributed by atoms with Gasteiger partial charge in [0.05, 0.1) is 29.4 Å². The largest absolute Gasteiger partial charge is 0.368 e. The van der Waals surface area contributed by atoms with Gasteiger partial charge in [-0.25, -0.2) is 15.0 Å². The van der Waals surface area contributed by atoms with Crippen LogP contribution >= 0.6 is 0 Å². The second-order valence-corrected chi connectivity index (χ2v) is 5.84. The number of rotatable bonds is 3. The lowest BCUT2D eigenvalue weighted by atomic mass is 10.2. The molecule has 0 radical (unpaired) electrons. The third-order valence-electron chi connectivity index (χ3n) is 4.13. The fourth-order valence-corrected chi connectivity index (χ4v) is 2.82. The number of pyridine rings is 2. The lowest BCUT2D eigenvalue weighted by Gasteiger charge is -2.10. The number of carbonyl (C=O) groups excluding carboxylic acids is 1. The van der Waals surface area contributed by atoms with Crippen LogP contribution in [-0.4, -0.2) is 38.1 Å². The number of carbonyl (C=O) groups is 1. The summed E-state index contributed by atoms with van der Waals surface area (Å²) < 4.78 is 7.30. The first kappa shape index (κ1) is 14.8. The molecule has 0 aliphatic carbocycles. The smallest absolute Gasteiger partial charge is 0.254 e. The second kappa shape index (κ2) is 6.01. The number of imidazole rings is 1. The van der Waals surface area contributed by atoms with Crippen molar-refractivity contribution >= 4 is 22.6 Å². The summed E-state index contributed by atoms with van der Waals surface area (Å²) in [6, 6.07) is 5.68. The molecule has 0 aromatic carbocycles. The van der Waals surface area contributed by atoms with Gasteiger partial charge in [0, 0.05) is 31.3 Å². The van der Waals surface area contributed by atoms with Crippen molar-refractivity contribution < 1.29 is 9.53 Å². The fraction of sp³-hybridized carbons (Fsp3) is 0.294. The molecule has 1 atom stereocenters. The van der Waals surface area contributed by atoms with E-state index < -0.39 is 0 Å². The number of fused-ring (bicyclic) bond motifs is 1. The predicted octanol–water partition coefficient (Wildman–Crippen LogP) is 2.15. The highest BCUT2D eigenvalue weighted by molar-refractivity contribution is 5.95. The van der Waals surface area contributed by atoms with Crippen LogP contribution in [0.5, 0.6) is 0 Å². The van der Waals surface area contributed by atoms with E-state index in [9.17, 15) is 4.79 Å². The van der Waals surface area contributed by atoms with Gasteiger partial charge in [0.1, 0.15) is 11.9 Å². The Hall–Kier alpha value is -2.80. The number of hydrogen-bond acceptors (Lipinski definition) is 5. The van der Waals surface area contributed by atoms with Crippen molar-refractivity contribution in [3.8, 4) is 11.4 Å². The Morgan fingerprint density at radius 3 is 3.04 bits per heavy atom. The summed E-state index contributed by atoms with van der Waals surface area (Å²) in [6.45, 7) is 0.638. The minimum Gasteiger partial charge on any atom is -0.368 e. The molecule has 1 amide bonds. The third kappa shape index (κ3) is 2.74. The van der Waals surface area contributed by atoms with Crippen LogP contribution in [0, 0.1) is 0 Å². The van der Waals surface area contributed by atoms with E-state index in [0.717, 1.165) is 35.1 Å². The average Bonchev–Trinajstić information content (AvgIpc) is 3.25. The van der Waals surface area contributed by atoms with E-state index in [1.165, 1.54) is 0 Å². The van der Waals surface area contributed by atoms with Gasteiger partial charge in [-0.3, -0.25) is 4.79 Å². The summed E-state index contributed by atoms with van der Waals surface area (Å²) in [7, 11) is 1.92. The van der Waals surface area contributed by atoms with Crippen molar-refractivity contribution in [1.82, 2.24) is 19.5 Å². The molecular weight excluding hydrogens is 306 g/mol. The zero-order valence-electron chi connectivity index (χ0n) is 13.3. The third-order valence-corrected chi connectivity index (χ3v) is 4.13. The molecule has 0 spiro atoms. The zero-order valence-corrected chi connectivity index (χ0v) is 13.3. The molecule has 4 heterocycles. The van der Waals surface area contributed by atoms with Gasteiger partial charge < -0.3 is 14.6 Å². The van der Waals surface area contributed by atoms with Gasteiger partial charge in [0.15, 0.2) is 0 Å². The normalized spacial score (nSPS) is 17.3. The van der Waals surface area contributed by atoms with Crippen LogP contribution in [0.3, 0.4) is 0 Å². The summed E-state index contributed by atoms with van der Waals surface area (Å²) in [6.07, 6.45) is 6.51. The summed E-state index contributed by atoms with van der Waals surface area (Å²) in [4.78, 5) is 25.2. The van der Waals surface area contributed by atoms with E-state index in [-0.39, 0.29) is 12.0 Å². The Kier molecular flexibility index (Phi) is 3.70. The van der Waals surface area contributed by atoms with Crippen molar-refractivity contribution in [3.05, 3.63) is 36.9 Å². The second-order valence-electron chi connectivity index (χ2n) is 5.84. The maximum Gasteiger partial charge on any atom is 0.254 e. The van der Waals surface area contributed by atoms with Crippen LogP contribution in [0.4, 0.5) is 5.82 Å². The number of nitrogens with one attached hydrogen (secondary N) is 1. The summed E-state index contributed by atoms with van der Waals surface area (Å²) >= 11 is 0. The van der Waals surface area contributed by atoms with Crippen LogP contribution in [-0.2, 0) is 16.6 Å². The van der Waals surface area contributed by atoms with E-state index in [4.69, 9.17) is 4.74 Å². The van der Waals surface area contributed by atoms with E-state index >= 15 is 0 Å². The van der Waals surface area contributed by atoms with E-state index in [2.05, 4.69) is 20.3 Å². The summed E-state index contributed by atoms with van der Waals surface area (Å²) in [5.74, 6) is 0.333. The lowest BCUT2D eigenvalue weighted by Crippen LogP contribution is -2.27. The van der Waals surface area contributed by atoms with Gasteiger partial charge >= 0.3 is 0 Å². The number of amides is 1. The molecule has 122 valence electrons. The van der Waals surface area contributed by atoms with Crippen molar-refractivity contribution in [2.75, 3.05) is 11.9 Å². The van der Waals surface area contributed by atoms with Gasteiger partial charge in [-0.05, 0) is 25.0 Å². The van der Waals surface area contributed by atoms with Crippen LogP contribution in [0.1, 0.15) is 12.8 Å². The molecule has 0 bridgehead atoms. The first-order chi connectivity index (χ1) is 11.7. The molecule has 1 fully saturated rings. The fourth-order valence-electron chi connectivity index (χ4n) is 2.82. The molecule has 1 aliphatic rings. The van der Waals surface area contributed by atoms with E-state index in [1.807, 2.05) is 23.7 Å². The van der Waals surface area contributed by atoms with Crippen molar-refractivity contribution in [2.24, 2.45) is 7.05 Å². The molecule has 3 aromatic rings. The highest BCUT2D eigenvalue weighted by atomic mass is 16.5. The number of aryl methyl sites for hydroxylation is 1. The molecule has 7 nitrogen and oxygen atoms in total. The van der Waals surface area contributed by atoms with Crippen LogP contribution in [0.2, 0.25) is 0 Å². The SMILES string of the molecule is Cn1cncc1-c1ccc2cnc(NC(=O)C3CCCO3)cc2n1. The zero-order chi connectivity index (χ0) is 16.5. The molecule has 4 rings (SSSR count). The number of hydrogen-bond donors (Lipinski definition) is 1. The van der Waals surface area contributed by atoms with Gasteiger partial charge in [-0.15, -0.1) is 0 Å². The summed E-state index contributed by atoms with van der Waals surface area (Å²) in [5.41, 5.74) is 2.52. The van der Waals surface area contributed by atoms with Gasteiger partial charge in [-0.1, -0.05) is 0 Å². The Morgan fingerprint density at radius 2 is 2.29 bits per heavy atom. The molecule has 0 saturated carbocycles. The van der Waals surface area contributed by atoms with Crippen LogP contribution in [0.25, 0.3) is 22.3 Å². The minimum atomic E-state index is -0.378. The van der Waals surface area contributed by atoms with Crippen LogP contribution < -0.4 is 5.32 Å². The maximum atomic E-state index is 12.1. The van der Waals surface area contributed by atoms with Crippen molar-refractivity contribution in [3.63, 3.8) is 0 Å². The quantitative estimate of drug-likeness (QED) is 0.798. The van der Waals surface area contributed by atoms with Crippen LogP contribution in [0.15, 0.2) is 36.9 Å². The molecule has 3 aromatic heterocycles. The van der Waals surface area contributed by atoms with Gasteiger partial charge in [0.25, 0.3) is 5.91 Å². The number of ether oxygens (including phenoxy) is 1. The topological polar surface area (TPSA) is 81.9 Å². The Morgan fingerprint density at radius 1 is 1.38 bits per heavy atom. The minimum absolute atomic E-state index is 0.151. The predicted molar refractivity (Wildman–Crippen MR) is 89.3 cm³/mol. The molecule has 1 saturated heterocycles. The maximum absolute atomic E-state index is 12.1. The Bertz CT molecular complexity index is 899. The van der Waals surface area contributed by atoms with Crippen molar-refractivity contribution in [2.45, 2.75) is 18.9 Å². The molecular formula is C17H17N5O2. The Balaban J connectivity index is 1.64. The number of nitrogens with zero attached hydrogens (tertiary/aromatic N) is 4.